The molecule has 0 saturated carbocycles. The van der Waals surface area contributed by atoms with Crippen molar-refractivity contribution in [3.8, 4) is 5.69 Å². The van der Waals surface area contributed by atoms with E-state index < -0.39 is 4.92 Å². The second-order valence-electron chi connectivity index (χ2n) is 3.52. The minimum atomic E-state index is -0.446. The number of halogens is 1. The van der Waals surface area contributed by atoms with Gasteiger partial charge in [0, 0.05) is 23.9 Å². The van der Waals surface area contributed by atoms with Crippen LogP contribution in [0.2, 0.25) is 0 Å². The lowest BCUT2D eigenvalue weighted by Gasteiger charge is -2.06. The number of anilines is 1. The maximum atomic E-state index is 10.6. The van der Waals surface area contributed by atoms with Crippen LogP contribution in [0.15, 0.2) is 28.7 Å². The van der Waals surface area contributed by atoms with E-state index in [0.29, 0.717) is 16.0 Å². The molecule has 0 spiro atoms. The molecule has 2 rings (SSSR count). The van der Waals surface area contributed by atoms with Crippen LogP contribution in [0, 0.1) is 17.0 Å². The zero-order valence-electron chi connectivity index (χ0n) is 8.92. The van der Waals surface area contributed by atoms with Gasteiger partial charge in [0.2, 0.25) is 0 Å². The third-order valence-corrected chi connectivity index (χ3v) is 2.91. The maximum absolute atomic E-state index is 10.6. The lowest BCUT2D eigenvalue weighted by molar-refractivity contribution is -0.384. The molecule has 2 aromatic rings. The molecule has 0 saturated heterocycles. The van der Waals surface area contributed by atoms with Crippen LogP contribution < -0.4 is 5.73 Å². The lowest BCUT2D eigenvalue weighted by atomic mass is 10.3. The molecule has 0 aliphatic carbocycles. The minimum absolute atomic E-state index is 0.0263. The van der Waals surface area contributed by atoms with Gasteiger partial charge in [0.15, 0.2) is 0 Å². The number of aromatic nitrogens is 2. The number of non-ortho nitro benzene ring substituents is 1. The van der Waals surface area contributed by atoms with Gasteiger partial charge in [-0.15, -0.1) is 0 Å². The average molecular weight is 297 g/mol. The van der Waals surface area contributed by atoms with E-state index >= 15 is 0 Å². The van der Waals surface area contributed by atoms with Crippen LogP contribution in [0.3, 0.4) is 0 Å². The van der Waals surface area contributed by atoms with Gasteiger partial charge >= 0.3 is 0 Å². The Morgan fingerprint density at radius 1 is 1.47 bits per heavy atom. The van der Waals surface area contributed by atoms with E-state index in [0.717, 1.165) is 5.69 Å². The number of nitrogen functional groups attached to an aromatic ring is 1. The fourth-order valence-corrected chi connectivity index (χ4v) is 2.06. The lowest BCUT2D eigenvalue weighted by Crippen LogP contribution is -2.01. The molecule has 1 aromatic carbocycles. The molecule has 7 heteroatoms. The van der Waals surface area contributed by atoms with E-state index in [4.69, 9.17) is 5.73 Å². The molecule has 0 fully saturated rings. The van der Waals surface area contributed by atoms with Crippen LogP contribution in [0.25, 0.3) is 5.69 Å². The summed E-state index contributed by atoms with van der Waals surface area (Å²) >= 11 is 3.29. The number of aryl methyl sites for hydroxylation is 1. The Kier molecular flexibility index (Phi) is 2.84. The third-order valence-electron chi connectivity index (χ3n) is 2.28. The second kappa shape index (κ2) is 4.17. The molecule has 6 nitrogen and oxygen atoms in total. The first-order valence-electron chi connectivity index (χ1n) is 4.75. The maximum Gasteiger partial charge on any atom is 0.270 e. The molecule has 2 N–H and O–H groups in total. The van der Waals surface area contributed by atoms with Gasteiger partial charge in [-0.05, 0) is 28.9 Å². The average Bonchev–Trinajstić information content (AvgIpc) is 2.57. The Morgan fingerprint density at radius 3 is 2.65 bits per heavy atom. The van der Waals surface area contributed by atoms with Gasteiger partial charge in [0.25, 0.3) is 5.69 Å². The Hall–Kier alpha value is -1.89. The molecule has 0 aliphatic rings. The monoisotopic (exact) mass is 296 g/mol. The summed E-state index contributed by atoms with van der Waals surface area (Å²) in [6.45, 7) is 1.86. The molecule has 1 heterocycles. The quantitative estimate of drug-likeness (QED) is 0.681. The largest absolute Gasteiger partial charge is 0.382 e. The molecule has 0 radical (unpaired) electrons. The van der Waals surface area contributed by atoms with E-state index in [9.17, 15) is 10.1 Å². The zero-order valence-corrected chi connectivity index (χ0v) is 10.5. The smallest absolute Gasteiger partial charge is 0.270 e. The molecular formula is C10H9BrN4O2. The van der Waals surface area contributed by atoms with E-state index in [1.54, 1.807) is 16.8 Å². The highest BCUT2D eigenvalue weighted by molar-refractivity contribution is 9.10. The highest BCUT2D eigenvalue weighted by Crippen LogP contribution is 2.26. The third kappa shape index (κ3) is 2.14. The Labute approximate surface area is 105 Å². The highest BCUT2D eigenvalue weighted by atomic mass is 79.9. The number of nitro benzene ring substituents is 1. The molecule has 17 heavy (non-hydrogen) atoms. The Balaban J connectivity index is 2.54. The van der Waals surface area contributed by atoms with Gasteiger partial charge in [-0.2, -0.15) is 5.10 Å². The summed E-state index contributed by atoms with van der Waals surface area (Å²) in [4.78, 5) is 10.2. The van der Waals surface area contributed by atoms with Crippen LogP contribution in [-0.2, 0) is 0 Å². The van der Waals surface area contributed by atoms with E-state index in [1.807, 2.05) is 6.92 Å². The molecule has 0 bridgehead atoms. The molecule has 0 aliphatic heterocycles. The summed E-state index contributed by atoms with van der Waals surface area (Å²) < 4.78 is 2.22. The standard InChI is InChI=1S/C10H9BrN4O2/c1-6-4-10(12)13-14(6)9-3-2-7(15(16)17)5-8(9)11/h2-5H,1H3,(H2,12,13). The van der Waals surface area contributed by atoms with Crippen LogP contribution in [0.5, 0.6) is 0 Å². The highest BCUT2D eigenvalue weighted by Gasteiger charge is 2.12. The first-order valence-corrected chi connectivity index (χ1v) is 5.55. The van der Waals surface area contributed by atoms with Crippen molar-refractivity contribution in [1.29, 1.82) is 0 Å². The van der Waals surface area contributed by atoms with Crippen LogP contribution in [-0.4, -0.2) is 14.7 Å². The topological polar surface area (TPSA) is 87.0 Å². The van der Waals surface area contributed by atoms with E-state index in [1.165, 1.54) is 12.1 Å². The van der Waals surface area contributed by atoms with Crippen LogP contribution >= 0.6 is 15.9 Å². The van der Waals surface area contributed by atoms with Gasteiger partial charge in [-0.1, -0.05) is 0 Å². The number of nitrogens with zero attached hydrogens (tertiary/aromatic N) is 3. The molecule has 1 aromatic heterocycles. The van der Waals surface area contributed by atoms with Gasteiger partial charge in [-0.3, -0.25) is 10.1 Å². The molecule has 0 unspecified atom stereocenters. The summed E-state index contributed by atoms with van der Waals surface area (Å²) in [6, 6.07) is 6.22. The van der Waals surface area contributed by atoms with Crippen molar-refractivity contribution >= 4 is 27.4 Å². The summed E-state index contributed by atoms with van der Waals surface area (Å²) in [5.74, 6) is 0.410. The number of hydrogen-bond donors (Lipinski definition) is 1. The van der Waals surface area contributed by atoms with Gasteiger partial charge in [-0.25, -0.2) is 4.68 Å². The van der Waals surface area contributed by atoms with E-state index in [-0.39, 0.29) is 5.69 Å². The predicted molar refractivity (Wildman–Crippen MR) is 67.1 cm³/mol. The predicted octanol–water partition coefficient (Wildman–Crippen LogP) is 2.43. The number of nitrogens with two attached hydrogens (primary N) is 1. The number of hydrogen-bond acceptors (Lipinski definition) is 4. The van der Waals surface area contributed by atoms with Gasteiger partial charge in [0.05, 0.1) is 15.1 Å². The Morgan fingerprint density at radius 2 is 2.18 bits per heavy atom. The van der Waals surface area contributed by atoms with Crippen molar-refractivity contribution in [2.24, 2.45) is 0 Å². The summed E-state index contributed by atoms with van der Waals surface area (Å²) in [6.07, 6.45) is 0. The number of rotatable bonds is 2. The zero-order chi connectivity index (χ0) is 12.6. The summed E-state index contributed by atoms with van der Waals surface area (Å²) in [5.41, 5.74) is 7.19. The summed E-state index contributed by atoms with van der Waals surface area (Å²) in [5, 5.41) is 14.7. The number of nitro groups is 1. The molecule has 0 atom stereocenters. The van der Waals surface area contributed by atoms with Crippen molar-refractivity contribution < 1.29 is 4.92 Å². The molecule has 0 amide bonds. The normalized spacial score (nSPS) is 10.5. The Bertz CT molecular complexity index is 594. The second-order valence-corrected chi connectivity index (χ2v) is 4.37. The number of benzene rings is 1. The van der Waals surface area contributed by atoms with Gasteiger partial charge in [0.1, 0.15) is 5.82 Å². The molecule has 88 valence electrons. The summed E-state index contributed by atoms with van der Waals surface area (Å²) in [7, 11) is 0. The van der Waals surface area contributed by atoms with Crippen LogP contribution in [0.4, 0.5) is 11.5 Å². The van der Waals surface area contributed by atoms with Crippen LogP contribution in [0.1, 0.15) is 5.69 Å². The van der Waals surface area contributed by atoms with Crippen molar-refractivity contribution in [3.63, 3.8) is 0 Å². The van der Waals surface area contributed by atoms with Gasteiger partial charge < -0.3 is 5.73 Å². The first kappa shape index (κ1) is 11.6. The SMILES string of the molecule is Cc1cc(N)nn1-c1ccc([N+](=O)[O-])cc1Br. The minimum Gasteiger partial charge on any atom is -0.382 e. The van der Waals surface area contributed by atoms with E-state index in [2.05, 4.69) is 21.0 Å². The fourth-order valence-electron chi connectivity index (χ4n) is 1.52. The fraction of sp³-hybridized carbons (Fsp3) is 0.100. The van der Waals surface area contributed by atoms with Crippen molar-refractivity contribution in [2.75, 3.05) is 5.73 Å². The first-order chi connectivity index (χ1) is 7.99. The van der Waals surface area contributed by atoms with Crippen molar-refractivity contribution in [2.45, 2.75) is 6.92 Å². The molecular weight excluding hydrogens is 288 g/mol. The van der Waals surface area contributed by atoms with Crippen molar-refractivity contribution in [1.82, 2.24) is 9.78 Å². The van der Waals surface area contributed by atoms with Crippen molar-refractivity contribution in [3.05, 3.63) is 44.5 Å².